The minimum Gasteiger partial charge on any atom is -0.497 e. The van der Waals surface area contributed by atoms with Crippen molar-refractivity contribution in [3.05, 3.63) is 36.2 Å². The van der Waals surface area contributed by atoms with E-state index in [9.17, 15) is 0 Å². The molecule has 1 heterocycles. The highest BCUT2D eigenvalue weighted by Crippen LogP contribution is 2.19. The Hall–Kier alpha value is -1.81. The zero-order valence-corrected chi connectivity index (χ0v) is 9.23. The monoisotopic (exact) mass is 217 g/mol. The molecule has 84 valence electrons. The average Bonchev–Trinajstić information content (AvgIpc) is 2.78. The molecule has 0 unspecified atom stereocenters. The Morgan fingerprint density at radius 2 is 2.06 bits per heavy atom. The maximum Gasteiger partial charge on any atom is 0.137 e. The van der Waals surface area contributed by atoms with Crippen LogP contribution < -0.4 is 10.5 Å². The van der Waals surface area contributed by atoms with Gasteiger partial charge in [-0.25, -0.2) is 4.98 Å². The third-order valence-corrected chi connectivity index (χ3v) is 2.41. The van der Waals surface area contributed by atoms with E-state index in [1.54, 1.807) is 7.11 Å². The van der Waals surface area contributed by atoms with Crippen molar-refractivity contribution in [1.82, 2.24) is 9.97 Å². The number of ether oxygens (including phenoxy) is 1. The molecule has 4 nitrogen and oxygen atoms in total. The Labute approximate surface area is 94.5 Å². The van der Waals surface area contributed by atoms with Crippen LogP contribution in [0.2, 0.25) is 0 Å². The summed E-state index contributed by atoms with van der Waals surface area (Å²) in [4.78, 5) is 7.54. The van der Waals surface area contributed by atoms with Crippen LogP contribution in [-0.4, -0.2) is 23.6 Å². The molecule has 0 saturated carbocycles. The number of nitrogens with two attached hydrogens (primary N) is 1. The van der Waals surface area contributed by atoms with Crippen LogP contribution in [0.5, 0.6) is 5.75 Å². The van der Waals surface area contributed by atoms with Gasteiger partial charge in [0, 0.05) is 23.9 Å². The fourth-order valence-electron chi connectivity index (χ4n) is 1.54. The van der Waals surface area contributed by atoms with Gasteiger partial charge in [-0.3, -0.25) is 0 Å². The van der Waals surface area contributed by atoms with E-state index in [0.717, 1.165) is 29.3 Å². The number of benzene rings is 1. The normalized spacial score (nSPS) is 10.4. The summed E-state index contributed by atoms with van der Waals surface area (Å²) in [6, 6.07) is 7.79. The summed E-state index contributed by atoms with van der Waals surface area (Å²) in [5.74, 6) is 1.71. The average molecular weight is 217 g/mol. The van der Waals surface area contributed by atoms with Crippen molar-refractivity contribution < 1.29 is 4.74 Å². The summed E-state index contributed by atoms with van der Waals surface area (Å²) in [6.45, 7) is 0.629. The SMILES string of the molecule is COc1ccc(-c2ncc(CCN)[nH]2)cc1. The van der Waals surface area contributed by atoms with E-state index in [-0.39, 0.29) is 0 Å². The number of methoxy groups -OCH3 is 1. The van der Waals surface area contributed by atoms with Gasteiger partial charge in [0.05, 0.1) is 7.11 Å². The summed E-state index contributed by atoms with van der Waals surface area (Å²) in [6.07, 6.45) is 2.65. The Morgan fingerprint density at radius 3 is 2.69 bits per heavy atom. The van der Waals surface area contributed by atoms with Crippen molar-refractivity contribution in [2.45, 2.75) is 6.42 Å². The van der Waals surface area contributed by atoms with Gasteiger partial charge in [0.25, 0.3) is 0 Å². The first-order valence-corrected chi connectivity index (χ1v) is 5.22. The van der Waals surface area contributed by atoms with Gasteiger partial charge in [0.15, 0.2) is 0 Å². The van der Waals surface area contributed by atoms with Crippen molar-refractivity contribution in [3.63, 3.8) is 0 Å². The second-order valence-electron chi connectivity index (χ2n) is 3.52. The molecule has 2 aromatic rings. The summed E-state index contributed by atoms with van der Waals surface area (Å²) in [7, 11) is 1.65. The van der Waals surface area contributed by atoms with Crippen LogP contribution in [0, 0.1) is 0 Å². The van der Waals surface area contributed by atoms with Gasteiger partial charge >= 0.3 is 0 Å². The lowest BCUT2D eigenvalue weighted by molar-refractivity contribution is 0.415. The molecule has 0 spiro atoms. The summed E-state index contributed by atoms with van der Waals surface area (Å²) >= 11 is 0. The number of rotatable bonds is 4. The predicted octanol–water partition coefficient (Wildman–Crippen LogP) is 1.59. The molecule has 0 atom stereocenters. The van der Waals surface area contributed by atoms with Crippen molar-refractivity contribution in [3.8, 4) is 17.1 Å². The number of hydrogen-bond donors (Lipinski definition) is 2. The molecule has 0 saturated heterocycles. The lowest BCUT2D eigenvalue weighted by atomic mass is 10.2. The second-order valence-corrected chi connectivity index (χ2v) is 3.52. The van der Waals surface area contributed by atoms with E-state index >= 15 is 0 Å². The minimum atomic E-state index is 0.629. The number of H-pyrrole nitrogens is 1. The zero-order chi connectivity index (χ0) is 11.4. The standard InChI is InChI=1S/C12H15N3O/c1-16-11-4-2-9(3-5-11)12-14-8-10(15-12)6-7-13/h2-5,8H,6-7,13H2,1H3,(H,14,15). The molecule has 0 aliphatic carbocycles. The number of nitrogens with one attached hydrogen (secondary N) is 1. The molecular weight excluding hydrogens is 202 g/mol. The maximum atomic E-state index is 5.48. The molecule has 0 aliphatic heterocycles. The van der Waals surface area contributed by atoms with E-state index < -0.39 is 0 Å². The second kappa shape index (κ2) is 4.81. The summed E-state index contributed by atoms with van der Waals surface area (Å²) in [5, 5.41) is 0. The predicted molar refractivity (Wildman–Crippen MR) is 63.3 cm³/mol. The maximum absolute atomic E-state index is 5.48. The van der Waals surface area contributed by atoms with Crippen LogP contribution in [-0.2, 0) is 6.42 Å². The molecule has 0 aliphatic rings. The molecule has 1 aromatic carbocycles. The van der Waals surface area contributed by atoms with Crippen LogP contribution in [0.15, 0.2) is 30.5 Å². The Bertz CT molecular complexity index is 448. The smallest absolute Gasteiger partial charge is 0.137 e. The molecule has 0 bridgehead atoms. The first-order valence-electron chi connectivity index (χ1n) is 5.22. The van der Waals surface area contributed by atoms with Crippen molar-refractivity contribution in [2.75, 3.05) is 13.7 Å². The molecule has 16 heavy (non-hydrogen) atoms. The highest BCUT2D eigenvalue weighted by Gasteiger charge is 2.03. The highest BCUT2D eigenvalue weighted by atomic mass is 16.5. The Morgan fingerprint density at radius 1 is 1.31 bits per heavy atom. The number of aromatic nitrogens is 2. The largest absolute Gasteiger partial charge is 0.497 e. The van der Waals surface area contributed by atoms with Crippen molar-refractivity contribution >= 4 is 0 Å². The van der Waals surface area contributed by atoms with E-state index in [2.05, 4.69) is 9.97 Å². The van der Waals surface area contributed by atoms with Crippen LogP contribution >= 0.6 is 0 Å². The van der Waals surface area contributed by atoms with Crippen molar-refractivity contribution in [2.24, 2.45) is 5.73 Å². The van der Waals surface area contributed by atoms with Gasteiger partial charge in [0.1, 0.15) is 11.6 Å². The quantitative estimate of drug-likeness (QED) is 0.817. The number of nitrogens with zero attached hydrogens (tertiary/aromatic N) is 1. The van der Waals surface area contributed by atoms with Gasteiger partial charge in [-0.15, -0.1) is 0 Å². The molecule has 0 fully saturated rings. The minimum absolute atomic E-state index is 0.629. The third-order valence-electron chi connectivity index (χ3n) is 2.41. The van der Waals surface area contributed by atoms with E-state index in [0.29, 0.717) is 6.54 Å². The van der Waals surface area contributed by atoms with Crippen LogP contribution in [0.25, 0.3) is 11.4 Å². The first-order chi connectivity index (χ1) is 7.83. The van der Waals surface area contributed by atoms with E-state index in [1.807, 2.05) is 30.5 Å². The zero-order valence-electron chi connectivity index (χ0n) is 9.23. The molecule has 4 heteroatoms. The lowest BCUT2D eigenvalue weighted by Crippen LogP contribution is -2.02. The van der Waals surface area contributed by atoms with Crippen LogP contribution in [0.1, 0.15) is 5.69 Å². The lowest BCUT2D eigenvalue weighted by Gasteiger charge is -2.00. The van der Waals surface area contributed by atoms with Gasteiger partial charge in [0.2, 0.25) is 0 Å². The fraction of sp³-hybridized carbons (Fsp3) is 0.250. The summed E-state index contributed by atoms with van der Waals surface area (Å²) in [5.41, 5.74) is 7.59. The number of aromatic amines is 1. The van der Waals surface area contributed by atoms with E-state index in [4.69, 9.17) is 10.5 Å². The molecule has 3 N–H and O–H groups in total. The number of hydrogen-bond acceptors (Lipinski definition) is 3. The Kier molecular flexibility index (Phi) is 3.22. The molecule has 1 aromatic heterocycles. The number of imidazole rings is 1. The van der Waals surface area contributed by atoms with Gasteiger partial charge < -0.3 is 15.5 Å². The van der Waals surface area contributed by atoms with Gasteiger partial charge in [-0.2, -0.15) is 0 Å². The topological polar surface area (TPSA) is 63.9 Å². The fourth-order valence-corrected chi connectivity index (χ4v) is 1.54. The molecule has 2 rings (SSSR count). The third kappa shape index (κ3) is 2.23. The van der Waals surface area contributed by atoms with Crippen LogP contribution in [0.3, 0.4) is 0 Å². The van der Waals surface area contributed by atoms with E-state index in [1.165, 1.54) is 0 Å². The van der Waals surface area contributed by atoms with Gasteiger partial charge in [-0.05, 0) is 30.8 Å². The van der Waals surface area contributed by atoms with Crippen molar-refractivity contribution in [1.29, 1.82) is 0 Å². The molecule has 0 amide bonds. The van der Waals surface area contributed by atoms with Crippen LogP contribution in [0.4, 0.5) is 0 Å². The summed E-state index contributed by atoms with van der Waals surface area (Å²) < 4.78 is 5.10. The first kappa shape index (κ1) is 10.7. The highest BCUT2D eigenvalue weighted by molar-refractivity contribution is 5.56. The van der Waals surface area contributed by atoms with Gasteiger partial charge in [-0.1, -0.05) is 0 Å². The Balaban J connectivity index is 2.21. The molecular formula is C12H15N3O. The molecule has 0 radical (unpaired) electrons.